The van der Waals surface area contributed by atoms with Gasteiger partial charge >= 0.3 is 0 Å². The molecule has 2 heteroatoms. The van der Waals surface area contributed by atoms with Gasteiger partial charge in [-0.1, -0.05) is 40.2 Å². The Kier molecular flexibility index (Phi) is 6.26. The molecule has 0 unspecified atom stereocenters. The molecule has 0 aromatic heterocycles. The largest absolute Gasteiger partial charge is 0.347 e. The fourth-order valence-electron chi connectivity index (χ4n) is 1.67. The highest BCUT2D eigenvalue weighted by atomic mass is 16.1. The van der Waals surface area contributed by atoms with E-state index >= 15 is 0 Å². The van der Waals surface area contributed by atoms with E-state index in [1.807, 2.05) is 0 Å². The molecule has 82 valence electrons. The van der Waals surface area contributed by atoms with Crippen LogP contribution in [0.2, 0.25) is 0 Å². The minimum absolute atomic E-state index is 0.0126. The maximum atomic E-state index is 11.3. The lowest BCUT2D eigenvalue weighted by Gasteiger charge is -2.32. The summed E-state index contributed by atoms with van der Waals surface area (Å²) in [6, 6.07) is 0. The summed E-state index contributed by atoms with van der Waals surface area (Å²) in [6.45, 7) is 9.91. The van der Waals surface area contributed by atoms with E-state index in [-0.39, 0.29) is 11.4 Å². The summed E-state index contributed by atoms with van der Waals surface area (Å²) in [4.78, 5) is 11.3. The van der Waals surface area contributed by atoms with E-state index in [9.17, 15) is 4.79 Å². The molecule has 0 atom stereocenters. The molecule has 0 heterocycles. The molecule has 0 saturated carbocycles. The second-order valence-corrected chi connectivity index (χ2v) is 3.78. The van der Waals surface area contributed by atoms with Crippen LogP contribution in [0.3, 0.4) is 0 Å². The maximum absolute atomic E-state index is 11.3. The van der Waals surface area contributed by atoms with Crippen molar-refractivity contribution >= 4 is 5.91 Å². The van der Waals surface area contributed by atoms with Crippen LogP contribution in [-0.4, -0.2) is 11.4 Å². The van der Waals surface area contributed by atoms with E-state index in [0.717, 1.165) is 19.3 Å². The van der Waals surface area contributed by atoms with Crippen molar-refractivity contribution in [2.45, 2.75) is 58.4 Å². The van der Waals surface area contributed by atoms with Gasteiger partial charge in [0, 0.05) is 5.54 Å². The molecule has 0 aromatic rings. The highest BCUT2D eigenvalue weighted by Crippen LogP contribution is 2.22. The van der Waals surface area contributed by atoms with Crippen molar-refractivity contribution in [3.8, 4) is 0 Å². The Bertz CT molecular complexity index is 183. The quantitative estimate of drug-likeness (QED) is 0.624. The van der Waals surface area contributed by atoms with E-state index in [2.05, 4.69) is 32.7 Å². The zero-order chi connectivity index (χ0) is 11.0. The lowest BCUT2D eigenvalue weighted by molar-refractivity contribution is -0.118. The predicted molar refractivity (Wildman–Crippen MR) is 61.2 cm³/mol. The molecule has 1 amide bonds. The molecule has 0 fully saturated rings. The maximum Gasteiger partial charge on any atom is 0.243 e. The van der Waals surface area contributed by atoms with Crippen molar-refractivity contribution in [3.63, 3.8) is 0 Å². The molecule has 0 bridgehead atoms. The van der Waals surface area contributed by atoms with Gasteiger partial charge in [-0.2, -0.15) is 0 Å². The van der Waals surface area contributed by atoms with Crippen LogP contribution in [0.15, 0.2) is 12.7 Å². The van der Waals surface area contributed by atoms with Gasteiger partial charge in [0.05, 0.1) is 0 Å². The lowest BCUT2D eigenvalue weighted by atomic mass is 9.87. The molecule has 0 radical (unpaired) electrons. The van der Waals surface area contributed by atoms with Gasteiger partial charge in [0.15, 0.2) is 0 Å². The third-order valence-electron chi connectivity index (χ3n) is 2.94. The zero-order valence-electron chi connectivity index (χ0n) is 9.73. The summed E-state index contributed by atoms with van der Waals surface area (Å²) >= 11 is 0. The van der Waals surface area contributed by atoms with Crippen LogP contribution in [0.25, 0.3) is 0 Å². The minimum atomic E-state index is -0.0511. The summed E-state index contributed by atoms with van der Waals surface area (Å²) in [7, 11) is 0. The number of unbranched alkanes of at least 4 members (excludes halogenated alkanes) is 1. The van der Waals surface area contributed by atoms with Gasteiger partial charge in [0.25, 0.3) is 0 Å². The highest BCUT2D eigenvalue weighted by Gasteiger charge is 2.26. The first-order valence-corrected chi connectivity index (χ1v) is 5.58. The molecular formula is C12H23NO. The van der Waals surface area contributed by atoms with E-state index in [4.69, 9.17) is 0 Å². The van der Waals surface area contributed by atoms with Gasteiger partial charge in [-0.25, -0.2) is 0 Å². The van der Waals surface area contributed by atoms with E-state index < -0.39 is 0 Å². The molecule has 0 spiro atoms. The fourth-order valence-corrected chi connectivity index (χ4v) is 1.67. The molecule has 0 aliphatic heterocycles. The third kappa shape index (κ3) is 3.95. The smallest absolute Gasteiger partial charge is 0.243 e. The second kappa shape index (κ2) is 6.63. The van der Waals surface area contributed by atoms with E-state index in [1.165, 1.54) is 18.9 Å². The van der Waals surface area contributed by atoms with E-state index in [0.29, 0.717) is 0 Å². The first kappa shape index (κ1) is 13.2. The number of amides is 1. The van der Waals surface area contributed by atoms with Gasteiger partial charge in [0.1, 0.15) is 0 Å². The molecule has 0 rings (SSSR count). The highest BCUT2D eigenvalue weighted by molar-refractivity contribution is 5.87. The van der Waals surface area contributed by atoms with Crippen LogP contribution in [0.4, 0.5) is 0 Å². The number of nitrogens with one attached hydrogen (secondary N) is 1. The topological polar surface area (TPSA) is 29.1 Å². The zero-order valence-corrected chi connectivity index (χ0v) is 9.73. The van der Waals surface area contributed by atoms with Crippen LogP contribution in [0, 0.1) is 0 Å². The number of hydrogen-bond acceptors (Lipinski definition) is 1. The Morgan fingerprint density at radius 1 is 1.36 bits per heavy atom. The van der Waals surface area contributed by atoms with Crippen molar-refractivity contribution in [1.82, 2.24) is 5.32 Å². The third-order valence-corrected chi connectivity index (χ3v) is 2.94. The molecule has 2 nitrogen and oxygen atoms in total. The van der Waals surface area contributed by atoms with Gasteiger partial charge < -0.3 is 5.32 Å². The van der Waals surface area contributed by atoms with Crippen LogP contribution in [0.1, 0.15) is 52.9 Å². The van der Waals surface area contributed by atoms with E-state index in [1.54, 1.807) is 0 Å². The first-order valence-electron chi connectivity index (χ1n) is 5.58. The van der Waals surface area contributed by atoms with Gasteiger partial charge in [0.2, 0.25) is 5.91 Å². The SMILES string of the molecule is C=CC(=O)NC(CC)(CC)CCCC. The molecule has 1 N–H and O–H groups in total. The standard InChI is InChI=1S/C12H23NO/c1-5-9-10-12(7-3,8-4)13-11(14)6-2/h6H,2,5,7-10H2,1,3-4H3,(H,13,14). The Morgan fingerprint density at radius 2 is 1.93 bits per heavy atom. The van der Waals surface area contributed by atoms with Crippen molar-refractivity contribution in [1.29, 1.82) is 0 Å². The Labute approximate surface area is 87.8 Å². The summed E-state index contributed by atoms with van der Waals surface area (Å²) in [5.41, 5.74) is -0.0126. The van der Waals surface area contributed by atoms with Crippen LogP contribution >= 0.6 is 0 Å². The van der Waals surface area contributed by atoms with Crippen molar-refractivity contribution < 1.29 is 4.79 Å². The van der Waals surface area contributed by atoms with Crippen molar-refractivity contribution in [3.05, 3.63) is 12.7 Å². The summed E-state index contributed by atoms with van der Waals surface area (Å²) in [5, 5.41) is 3.06. The number of hydrogen-bond donors (Lipinski definition) is 1. The average Bonchev–Trinajstić information content (AvgIpc) is 2.24. The summed E-state index contributed by atoms with van der Waals surface area (Å²) in [5.74, 6) is -0.0511. The van der Waals surface area contributed by atoms with Gasteiger partial charge in [-0.3, -0.25) is 4.79 Å². The normalized spacial score (nSPS) is 11.1. The Morgan fingerprint density at radius 3 is 2.29 bits per heavy atom. The molecule has 0 aliphatic carbocycles. The number of carbonyl (C=O) groups is 1. The monoisotopic (exact) mass is 197 g/mol. The van der Waals surface area contributed by atoms with Crippen LogP contribution < -0.4 is 5.32 Å². The van der Waals surface area contributed by atoms with Gasteiger partial charge in [-0.15, -0.1) is 0 Å². The van der Waals surface area contributed by atoms with Crippen LogP contribution in [0.5, 0.6) is 0 Å². The Hall–Kier alpha value is -0.790. The minimum Gasteiger partial charge on any atom is -0.347 e. The number of carbonyl (C=O) groups excluding carboxylic acids is 1. The molecule has 0 aromatic carbocycles. The fraction of sp³-hybridized carbons (Fsp3) is 0.750. The van der Waals surface area contributed by atoms with Crippen molar-refractivity contribution in [2.75, 3.05) is 0 Å². The molecule has 0 aliphatic rings. The summed E-state index contributed by atoms with van der Waals surface area (Å²) in [6.07, 6.45) is 6.74. The predicted octanol–water partition coefficient (Wildman–Crippen LogP) is 3.04. The Balaban J connectivity index is 4.35. The van der Waals surface area contributed by atoms with Crippen molar-refractivity contribution in [2.24, 2.45) is 0 Å². The lowest BCUT2D eigenvalue weighted by Crippen LogP contribution is -2.46. The molecule has 0 saturated heterocycles. The molecular weight excluding hydrogens is 174 g/mol. The second-order valence-electron chi connectivity index (χ2n) is 3.78. The average molecular weight is 197 g/mol. The first-order chi connectivity index (χ1) is 6.64. The number of rotatable bonds is 7. The van der Waals surface area contributed by atoms with Gasteiger partial charge in [-0.05, 0) is 25.3 Å². The molecule has 14 heavy (non-hydrogen) atoms. The summed E-state index contributed by atoms with van der Waals surface area (Å²) < 4.78 is 0. The van der Waals surface area contributed by atoms with Crippen LogP contribution in [-0.2, 0) is 4.79 Å².